The number of aromatic amines is 2. The van der Waals surface area contributed by atoms with Gasteiger partial charge in [-0.3, -0.25) is 8.80 Å². The van der Waals surface area contributed by atoms with Crippen LogP contribution < -0.4 is 10.6 Å². The first-order chi connectivity index (χ1) is 29.0. The molecule has 6 aromatic heterocycles. The quantitative estimate of drug-likeness (QED) is 0.0599. The number of anilines is 2. The van der Waals surface area contributed by atoms with Crippen LogP contribution in [0.3, 0.4) is 0 Å². The van der Waals surface area contributed by atoms with E-state index >= 15 is 0 Å². The van der Waals surface area contributed by atoms with Crippen molar-refractivity contribution in [3.05, 3.63) is 133 Å². The van der Waals surface area contributed by atoms with Crippen molar-refractivity contribution in [2.45, 2.75) is 37.5 Å². The highest BCUT2D eigenvalue weighted by Gasteiger charge is 2.27. The number of imidazole rings is 4. The number of hydrogen-bond donors (Lipinski definition) is 5. The Balaban J connectivity index is 0.000000153. The molecule has 2 saturated carbocycles. The summed E-state index contributed by atoms with van der Waals surface area (Å²) in [5.74, 6) is 10.3. The summed E-state index contributed by atoms with van der Waals surface area (Å²) in [6.07, 6.45) is 19.8. The van der Waals surface area contributed by atoms with Crippen LogP contribution in [0.25, 0.3) is 56.3 Å². The van der Waals surface area contributed by atoms with E-state index in [4.69, 9.17) is 5.11 Å². The van der Waals surface area contributed by atoms with E-state index in [0.29, 0.717) is 42.1 Å². The number of aromatic nitrogens is 10. The van der Waals surface area contributed by atoms with Gasteiger partial charge in [-0.2, -0.15) is 0 Å². The van der Waals surface area contributed by atoms with Gasteiger partial charge in [0.05, 0.1) is 47.6 Å². The Morgan fingerprint density at radius 1 is 0.678 bits per heavy atom. The lowest BCUT2D eigenvalue weighted by atomic mass is 10.1. The SMILES string of the molecule is C=CCNc1nc(Br)cn2c(-c3ccc(-c4cnc(C5CC5)[nH]4)cc3)cnc12.C=CCNc1nc(C#CCO)cn2c(-c3ccc(-c4cnc(C5CC5)[nH]4)cc3)cnc12. The normalized spacial score (nSPS) is 13.4. The van der Waals surface area contributed by atoms with Crippen LogP contribution in [0, 0.1) is 11.8 Å². The van der Waals surface area contributed by atoms with Crippen LogP contribution in [0.15, 0.2) is 116 Å². The molecule has 0 atom stereocenters. The monoisotopic (exact) mass is 844 g/mol. The summed E-state index contributed by atoms with van der Waals surface area (Å²) >= 11 is 3.49. The van der Waals surface area contributed by atoms with Gasteiger partial charge in [0.25, 0.3) is 0 Å². The van der Waals surface area contributed by atoms with Gasteiger partial charge in [-0.25, -0.2) is 29.9 Å². The zero-order valence-electron chi connectivity index (χ0n) is 32.2. The van der Waals surface area contributed by atoms with Crippen LogP contribution in [0.1, 0.15) is 54.9 Å². The number of aliphatic hydroxyl groups excluding tert-OH is 1. The van der Waals surface area contributed by atoms with Crippen LogP contribution in [0.2, 0.25) is 0 Å². The molecule has 0 aliphatic heterocycles. The molecule has 0 spiro atoms. The first-order valence-corrected chi connectivity index (χ1v) is 20.3. The van der Waals surface area contributed by atoms with Crippen LogP contribution >= 0.6 is 15.9 Å². The van der Waals surface area contributed by atoms with E-state index < -0.39 is 0 Å². The van der Waals surface area contributed by atoms with Crippen LogP contribution in [-0.4, -0.2) is 73.5 Å². The van der Waals surface area contributed by atoms with Gasteiger partial charge in [0.2, 0.25) is 0 Å². The van der Waals surface area contributed by atoms with Gasteiger partial charge in [-0.15, -0.1) is 13.2 Å². The van der Waals surface area contributed by atoms with Gasteiger partial charge >= 0.3 is 0 Å². The van der Waals surface area contributed by atoms with Gasteiger partial charge in [-0.1, -0.05) is 66.6 Å². The Hall–Kier alpha value is -6.82. The number of nitrogens with zero attached hydrogens (tertiary/aromatic N) is 8. The number of aliphatic hydroxyl groups is 1. The Kier molecular flexibility index (Phi) is 10.6. The van der Waals surface area contributed by atoms with Crippen molar-refractivity contribution in [2.24, 2.45) is 0 Å². The van der Waals surface area contributed by atoms with Gasteiger partial charge in [0.15, 0.2) is 22.9 Å². The molecule has 0 unspecified atom stereocenters. The van der Waals surface area contributed by atoms with E-state index in [2.05, 4.69) is 140 Å². The summed E-state index contributed by atoms with van der Waals surface area (Å²) in [4.78, 5) is 34.1. The number of fused-ring (bicyclic) bond motifs is 2. The molecular weight excluding hydrogens is 804 g/mol. The van der Waals surface area contributed by atoms with E-state index in [-0.39, 0.29) is 6.61 Å². The highest BCUT2D eigenvalue weighted by molar-refractivity contribution is 9.10. The van der Waals surface area contributed by atoms with Crippen molar-refractivity contribution >= 4 is 38.9 Å². The molecule has 0 radical (unpaired) electrons. The third-order valence-corrected chi connectivity index (χ3v) is 10.6. The number of hydrogen-bond acceptors (Lipinski definition) is 9. The number of rotatable bonds is 12. The summed E-state index contributed by atoms with van der Waals surface area (Å²) < 4.78 is 4.75. The van der Waals surface area contributed by atoms with Crippen molar-refractivity contribution in [1.82, 2.24) is 48.7 Å². The fraction of sp³-hybridized carbons (Fsp3) is 0.200. The standard InChI is InChI=1S/C24H22N6O.C21H19BrN6/c1-2-11-25-23-24-27-14-21(30(24)15-19(28-23)4-3-12-31)17-7-5-16(6-8-17)20-13-26-22(29-20)18-9-10-18;1-2-9-23-20-21-25-11-17(28(21)12-18(22)27-20)14-5-3-13(4-6-14)16-10-24-19(26-16)15-7-8-15/h2,5-8,13-15,18,31H,1,9-12H2,(H,25,28)(H,26,29);2-6,10-12,15H,1,7-9H2,(H,23,27)(H,24,26). The summed E-state index contributed by atoms with van der Waals surface area (Å²) in [5, 5.41) is 15.5. The van der Waals surface area contributed by atoms with Crippen LogP contribution in [-0.2, 0) is 0 Å². The first-order valence-electron chi connectivity index (χ1n) is 19.5. The number of benzene rings is 2. The summed E-state index contributed by atoms with van der Waals surface area (Å²) in [5.41, 5.74) is 10.4. The molecule has 2 fully saturated rings. The third-order valence-electron chi connectivity index (χ3n) is 10.2. The molecule has 14 heteroatoms. The fourth-order valence-electron chi connectivity index (χ4n) is 6.88. The van der Waals surface area contributed by atoms with Crippen molar-refractivity contribution in [2.75, 3.05) is 30.3 Å². The molecule has 2 aromatic carbocycles. The maximum absolute atomic E-state index is 9.04. The molecule has 6 heterocycles. The van der Waals surface area contributed by atoms with Crippen molar-refractivity contribution < 1.29 is 5.11 Å². The molecule has 0 amide bonds. The lowest BCUT2D eigenvalue weighted by Gasteiger charge is -2.08. The molecular formula is C45H41BrN12O. The minimum Gasteiger partial charge on any atom is -0.384 e. The fourth-order valence-corrected chi connectivity index (χ4v) is 7.26. The second kappa shape index (κ2) is 16.6. The summed E-state index contributed by atoms with van der Waals surface area (Å²) in [6.45, 7) is 8.45. The molecule has 0 bridgehead atoms. The number of H-pyrrole nitrogens is 2. The topological polar surface area (TPSA) is 162 Å². The van der Waals surface area contributed by atoms with Gasteiger partial charge in [0.1, 0.15) is 28.6 Å². The van der Waals surface area contributed by atoms with Crippen molar-refractivity contribution in [3.8, 4) is 56.9 Å². The van der Waals surface area contributed by atoms with Gasteiger partial charge < -0.3 is 25.7 Å². The minimum atomic E-state index is -0.219. The molecule has 2 aliphatic carbocycles. The Labute approximate surface area is 349 Å². The highest BCUT2D eigenvalue weighted by atomic mass is 79.9. The summed E-state index contributed by atoms with van der Waals surface area (Å²) in [6, 6.07) is 16.8. The maximum atomic E-state index is 9.04. The van der Waals surface area contributed by atoms with E-state index in [9.17, 15) is 0 Å². The van der Waals surface area contributed by atoms with Crippen LogP contribution in [0.4, 0.5) is 11.6 Å². The highest BCUT2D eigenvalue weighted by Crippen LogP contribution is 2.40. The Morgan fingerprint density at radius 3 is 1.63 bits per heavy atom. The third kappa shape index (κ3) is 8.16. The second-order valence-corrected chi connectivity index (χ2v) is 15.2. The average molecular weight is 846 g/mol. The number of halogens is 1. The van der Waals surface area contributed by atoms with Crippen molar-refractivity contribution in [3.63, 3.8) is 0 Å². The second-order valence-electron chi connectivity index (χ2n) is 14.4. The molecule has 2 aliphatic rings. The predicted octanol–water partition coefficient (Wildman–Crippen LogP) is 8.63. The Bertz CT molecular complexity index is 2850. The smallest absolute Gasteiger partial charge is 0.180 e. The maximum Gasteiger partial charge on any atom is 0.180 e. The molecule has 59 heavy (non-hydrogen) atoms. The van der Waals surface area contributed by atoms with E-state index in [1.807, 2.05) is 46.0 Å². The van der Waals surface area contributed by atoms with E-state index in [0.717, 1.165) is 72.7 Å². The van der Waals surface area contributed by atoms with Crippen LogP contribution in [0.5, 0.6) is 0 Å². The molecule has 10 rings (SSSR count). The molecule has 294 valence electrons. The summed E-state index contributed by atoms with van der Waals surface area (Å²) in [7, 11) is 0. The van der Waals surface area contributed by atoms with E-state index in [1.54, 1.807) is 12.2 Å². The molecule has 0 saturated heterocycles. The molecule has 8 aromatic rings. The Morgan fingerprint density at radius 2 is 1.15 bits per heavy atom. The zero-order valence-corrected chi connectivity index (χ0v) is 33.7. The molecule has 5 N–H and O–H groups in total. The van der Waals surface area contributed by atoms with Gasteiger partial charge in [-0.05, 0) is 58.7 Å². The predicted molar refractivity (Wildman–Crippen MR) is 235 cm³/mol. The lowest BCUT2D eigenvalue weighted by Crippen LogP contribution is -2.05. The number of nitrogens with one attached hydrogen (secondary N) is 4. The zero-order chi connectivity index (χ0) is 40.3. The minimum absolute atomic E-state index is 0.219. The first kappa shape index (κ1) is 37.7. The average Bonchev–Trinajstić information content (AvgIpc) is 4.06. The van der Waals surface area contributed by atoms with E-state index in [1.165, 1.54) is 25.7 Å². The molecule has 13 nitrogen and oxygen atoms in total. The largest absolute Gasteiger partial charge is 0.384 e. The van der Waals surface area contributed by atoms with Gasteiger partial charge in [0, 0.05) is 48.4 Å². The lowest BCUT2D eigenvalue weighted by molar-refractivity contribution is 0.350. The van der Waals surface area contributed by atoms with Crippen molar-refractivity contribution in [1.29, 1.82) is 0 Å².